The number of likely N-dealkylation sites (N-methyl/N-ethyl adjacent to an activating group) is 1. The Kier molecular flexibility index (Phi) is 3.95. The zero-order chi connectivity index (χ0) is 14.0. The van der Waals surface area contributed by atoms with Crippen LogP contribution in [0.5, 0.6) is 11.5 Å². The SMILES string of the molecule is CC(NC1CCC(=O)N(C)C1)c1cc(O)ccc1O. The van der Waals surface area contributed by atoms with Gasteiger partial charge in [-0.3, -0.25) is 4.79 Å². The molecule has 1 heterocycles. The monoisotopic (exact) mass is 264 g/mol. The fraction of sp³-hybridized carbons (Fsp3) is 0.500. The number of hydrogen-bond donors (Lipinski definition) is 3. The Labute approximate surface area is 112 Å². The molecule has 5 heteroatoms. The summed E-state index contributed by atoms with van der Waals surface area (Å²) >= 11 is 0. The average molecular weight is 264 g/mol. The average Bonchev–Trinajstić information content (AvgIpc) is 2.36. The number of benzene rings is 1. The summed E-state index contributed by atoms with van der Waals surface area (Å²) in [7, 11) is 1.80. The van der Waals surface area contributed by atoms with Gasteiger partial charge in [-0.05, 0) is 31.5 Å². The van der Waals surface area contributed by atoms with E-state index in [2.05, 4.69) is 5.32 Å². The summed E-state index contributed by atoms with van der Waals surface area (Å²) in [5.74, 6) is 0.473. The van der Waals surface area contributed by atoms with E-state index in [1.807, 2.05) is 6.92 Å². The third-order valence-electron chi connectivity index (χ3n) is 3.59. The molecule has 1 aromatic carbocycles. The number of phenols is 2. The van der Waals surface area contributed by atoms with Crippen molar-refractivity contribution in [1.29, 1.82) is 0 Å². The molecule has 1 fully saturated rings. The van der Waals surface area contributed by atoms with Crippen LogP contribution in [0.1, 0.15) is 31.4 Å². The van der Waals surface area contributed by atoms with E-state index in [-0.39, 0.29) is 29.5 Å². The highest BCUT2D eigenvalue weighted by Gasteiger charge is 2.24. The standard InChI is InChI=1S/C14H20N2O3/c1-9(12-7-11(17)4-5-13(12)18)15-10-3-6-14(19)16(2)8-10/h4-5,7,9-10,15,17-18H,3,6,8H2,1-2H3. The summed E-state index contributed by atoms with van der Waals surface area (Å²) in [6.07, 6.45) is 1.35. The van der Waals surface area contributed by atoms with E-state index < -0.39 is 0 Å². The molecule has 1 aliphatic rings. The molecule has 1 aliphatic heterocycles. The van der Waals surface area contributed by atoms with Gasteiger partial charge in [-0.25, -0.2) is 0 Å². The summed E-state index contributed by atoms with van der Waals surface area (Å²) in [6, 6.07) is 4.63. The Morgan fingerprint density at radius 3 is 2.84 bits per heavy atom. The first-order valence-corrected chi connectivity index (χ1v) is 6.49. The maximum atomic E-state index is 11.4. The fourth-order valence-electron chi connectivity index (χ4n) is 2.48. The van der Waals surface area contributed by atoms with Crippen LogP contribution in [0.4, 0.5) is 0 Å². The largest absolute Gasteiger partial charge is 0.508 e. The molecule has 19 heavy (non-hydrogen) atoms. The number of likely N-dealkylation sites (tertiary alicyclic amines) is 1. The number of nitrogens with one attached hydrogen (secondary N) is 1. The Balaban J connectivity index is 2.03. The predicted molar refractivity (Wildman–Crippen MR) is 72.0 cm³/mol. The number of nitrogens with zero attached hydrogens (tertiary/aromatic N) is 1. The van der Waals surface area contributed by atoms with Gasteiger partial charge < -0.3 is 20.4 Å². The molecule has 1 saturated heterocycles. The maximum absolute atomic E-state index is 11.4. The highest BCUT2D eigenvalue weighted by molar-refractivity contribution is 5.76. The first-order chi connectivity index (χ1) is 8.97. The minimum absolute atomic E-state index is 0.0845. The van der Waals surface area contributed by atoms with Gasteiger partial charge in [-0.2, -0.15) is 0 Å². The van der Waals surface area contributed by atoms with Crippen LogP contribution in [0, 0.1) is 0 Å². The van der Waals surface area contributed by atoms with Gasteiger partial charge in [0.2, 0.25) is 5.91 Å². The second-order valence-electron chi connectivity index (χ2n) is 5.14. The van der Waals surface area contributed by atoms with E-state index in [4.69, 9.17) is 0 Å². The Morgan fingerprint density at radius 1 is 1.42 bits per heavy atom. The van der Waals surface area contributed by atoms with E-state index in [1.54, 1.807) is 18.0 Å². The van der Waals surface area contributed by atoms with Crippen molar-refractivity contribution in [2.45, 2.75) is 31.8 Å². The molecule has 0 aromatic heterocycles. The molecule has 2 unspecified atom stereocenters. The molecule has 0 spiro atoms. The van der Waals surface area contributed by atoms with Crippen LogP contribution >= 0.6 is 0 Å². The van der Waals surface area contributed by atoms with Gasteiger partial charge in [0, 0.05) is 37.7 Å². The molecule has 0 saturated carbocycles. The molecule has 0 radical (unpaired) electrons. The summed E-state index contributed by atoms with van der Waals surface area (Å²) < 4.78 is 0. The van der Waals surface area contributed by atoms with Crippen molar-refractivity contribution in [1.82, 2.24) is 10.2 Å². The van der Waals surface area contributed by atoms with E-state index in [0.717, 1.165) is 6.42 Å². The molecular weight excluding hydrogens is 244 g/mol. The van der Waals surface area contributed by atoms with Gasteiger partial charge in [0.05, 0.1) is 0 Å². The zero-order valence-corrected chi connectivity index (χ0v) is 11.3. The third kappa shape index (κ3) is 3.17. The smallest absolute Gasteiger partial charge is 0.222 e. The second-order valence-corrected chi connectivity index (χ2v) is 5.14. The highest BCUT2D eigenvalue weighted by atomic mass is 16.3. The van der Waals surface area contributed by atoms with Gasteiger partial charge in [-0.1, -0.05) is 0 Å². The molecule has 3 N–H and O–H groups in total. The van der Waals surface area contributed by atoms with Crippen LogP contribution in [0.3, 0.4) is 0 Å². The molecule has 104 valence electrons. The second kappa shape index (κ2) is 5.48. The molecular formula is C14H20N2O3. The van der Waals surface area contributed by atoms with Gasteiger partial charge in [0.1, 0.15) is 11.5 Å². The number of phenolic OH excluding ortho intramolecular Hbond substituents is 2. The molecule has 1 amide bonds. The van der Waals surface area contributed by atoms with Crippen LogP contribution in [-0.2, 0) is 4.79 Å². The summed E-state index contributed by atoms with van der Waals surface area (Å²) in [5, 5.41) is 22.7. The van der Waals surface area contributed by atoms with Crippen LogP contribution < -0.4 is 5.32 Å². The number of piperidine rings is 1. The van der Waals surface area contributed by atoms with Crippen molar-refractivity contribution in [3.05, 3.63) is 23.8 Å². The first-order valence-electron chi connectivity index (χ1n) is 6.49. The number of rotatable bonds is 3. The Morgan fingerprint density at radius 2 is 2.16 bits per heavy atom. The zero-order valence-electron chi connectivity index (χ0n) is 11.3. The molecule has 0 aliphatic carbocycles. The molecule has 5 nitrogen and oxygen atoms in total. The number of amides is 1. The number of hydrogen-bond acceptors (Lipinski definition) is 4. The lowest BCUT2D eigenvalue weighted by molar-refractivity contribution is -0.132. The van der Waals surface area contributed by atoms with Crippen LogP contribution in [-0.4, -0.2) is 40.7 Å². The van der Waals surface area contributed by atoms with Crippen molar-refractivity contribution in [3.63, 3.8) is 0 Å². The van der Waals surface area contributed by atoms with Gasteiger partial charge in [0.25, 0.3) is 0 Å². The first kappa shape index (κ1) is 13.7. The molecule has 0 bridgehead atoms. The quantitative estimate of drug-likeness (QED) is 0.721. The summed E-state index contributed by atoms with van der Waals surface area (Å²) in [6.45, 7) is 2.60. The summed E-state index contributed by atoms with van der Waals surface area (Å²) in [4.78, 5) is 13.1. The van der Waals surface area contributed by atoms with E-state index in [1.165, 1.54) is 12.1 Å². The van der Waals surface area contributed by atoms with E-state index in [0.29, 0.717) is 18.5 Å². The predicted octanol–water partition coefficient (Wildman–Crippen LogP) is 1.37. The van der Waals surface area contributed by atoms with E-state index >= 15 is 0 Å². The lowest BCUT2D eigenvalue weighted by atomic mass is 10.0. The highest BCUT2D eigenvalue weighted by Crippen LogP contribution is 2.28. The topological polar surface area (TPSA) is 72.8 Å². The van der Waals surface area contributed by atoms with Gasteiger partial charge in [0.15, 0.2) is 0 Å². The molecule has 1 aromatic rings. The Hall–Kier alpha value is -1.75. The lowest BCUT2D eigenvalue weighted by Crippen LogP contribution is -2.47. The van der Waals surface area contributed by atoms with Gasteiger partial charge >= 0.3 is 0 Å². The summed E-state index contributed by atoms with van der Waals surface area (Å²) in [5.41, 5.74) is 0.666. The maximum Gasteiger partial charge on any atom is 0.222 e. The minimum Gasteiger partial charge on any atom is -0.508 e. The number of aromatic hydroxyl groups is 2. The van der Waals surface area contributed by atoms with Crippen molar-refractivity contribution < 1.29 is 15.0 Å². The number of carbonyl (C=O) groups excluding carboxylic acids is 1. The van der Waals surface area contributed by atoms with Crippen LogP contribution in [0.15, 0.2) is 18.2 Å². The van der Waals surface area contributed by atoms with Crippen LogP contribution in [0.25, 0.3) is 0 Å². The number of carbonyl (C=O) groups is 1. The fourth-order valence-corrected chi connectivity index (χ4v) is 2.48. The molecule has 2 rings (SSSR count). The van der Waals surface area contributed by atoms with Crippen molar-refractivity contribution in [2.24, 2.45) is 0 Å². The normalized spacial score (nSPS) is 21.5. The van der Waals surface area contributed by atoms with Crippen molar-refractivity contribution in [3.8, 4) is 11.5 Å². The Bertz CT molecular complexity index is 476. The van der Waals surface area contributed by atoms with Gasteiger partial charge in [-0.15, -0.1) is 0 Å². The lowest BCUT2D eigenvalue weighted by Gasteiger charge is -2.32. The third-order valence-corrected chi connectivity index (χ3v) is 3.59. The van der Waals surface area contributed by atoms with Crippen LogP contribution in [0.2, 0.25) is 0 Å². The van der Waals surface area contributed by atoms with E-state index in [9.17, 15) is 15.0 Å². The molecule has 2 atom stereocenters. The minimum atomic E-state index is -0.0845. The van der Waals surface area contributed by atoms with Crippen molar-refractivity contribution in [2.75, 3.05) is 13.6 Å². The van der Waals surface area contributed by atoms with Crippen molar-refractivity contribution >= 4 is 5.91 Å².